The molecule has 0 atom stereocenters. The lowest BCUT2D eigenvalue weighted by atomic mass is 10.1. The van der Waals surface area contributed by atoms with Crippen LogP contribution in [0.25, 0.3) is 10.9 Å². The van der Waals surface area contributed by atoms with Gasteiger partial charge in [-0.3, -0.25) is 9.78 Å². The highest BCUT2D eigenvalue weighted by Crippen LogP contribution is 2.25. The van der Waals surface area contributed by atoms with Crippen LogP contribution in [0.4, 0.5) is 11.4 Å². The highest BCUT2D eigenvalue weighted by molar-refractivity contribution is 5.93. The maximum absolute atomic E-state index is 11.3. The predicted octanol–water partition coefficient (Wildman–Crippen LogP) is 2.49. The summed E-state index contributed by atoms with van der Waals surface area (Å²) in [7, 11) is 0. The van der Waals surface area contributed by atoms with Gasteiger partial charge < -0.3 is 15.8 Å². The fraction of sp³-hybridized carbons (Fsp3) is 0.333. The summed E-state index contributed by atoms with van der Waals surface area (Å²) < 4.78 is 4.90. The lowest BCUT2D eigenvalue weighted by molar-refractivity contribution is -0.142. The summed E-state index contributed by atoms with van der Waals surface area (Å²) in [6, 6.07) is 7.56. The van der Waals surface area contributed by atoms with E-state index in [2.05, 4.69) is 10.3 Å². The number of nitrogens with zero attached hydrogens (tertiary/aromatic N) is 1. The van der Waals surface area contributed by atoms with Crippen LogP contribution < -0.4 is 11.1 Å². The van der Waals surface area contributed by atoms with Gasteiger partial charge in [-0.1, -0.05) is 0 Å². The van der Waals surface area contributed by atoms with E-state index in [0.29, 0.717) is 25.3 Å². The first-order valence-electron chi connectivity index (χ1n) is 6.66. The normalized spacial score (nSPS) is 10.5. The molecule has 0 amide bonds. The Morgan fingerprint density at radius 3 is 2.95 bits per heavy atom. The van der Waals surface area contributed by atoms with Crippen LogP contribution in [0.2, 0.25) is 0 Å². The zero-order chi connectivity index (χ0) is 14.5. The van der Waals surface area contributed by atoms with Crippen LogP contribution in [0.1, 0.15) is 19.0 Å². The molecule has 0 aliphatic carbocycles. The molecular weight excluding hydrogens is 254 g/mol. The Labute approximate surface area is 118 Å². The van der Waals surface area contributed by atoms with Crippen molar-refractivity contribution in [1.29, 1.82) is 0 Å². The summed E-state index contributed by atoms with van der Waals surface area (Å²) in [6.45, 7) is 4.67. The minimum atomic E-state index is -0.199. The molecule has 5 nitrogen and oxygen atoms in total. The number of benzene rings is 1. The average Bonchev–Trinajstić information content (AvgIpc) is 2.39. The number of nitrogen functional groups attached to an aromatic ring is 1. The third-order valence-corrected chi connectivity index (χ3v) is 2.91. The van der Waals surface area contributed by atoms with Crippen molar-refractivity contribution in [2.24, 2.45) is 0 Å². The minimum absolute atomic E-state index is 0.199. The molecule has 0 radical (unpaired) electrons. The summed E-state index contributed by atoms with van der Waals surface area (Å²) in [6.07, 6.45) is 0.332. The van der Waals surface area contributed by atoms with Crippen LogP contribution in [0.15, 0.2) is 24.3 Å². The maximum atomic E-state index is 11.3. The molecule has 0 spiro atoms. The highest BCUT2D eigenvalue weighted by Gasteiger charge is 2.06. The summed E-state index contributed by atoms with van der Waals surface area (Å²) in [5.41, 5.74) is 9.25. The fourth-order valence-corrected chi connectivity index (χ4v) is 2.05. The second-order valence-corrected chi connectivity index (χ2v) is 4.57. The second-order valence-electron chi connectivity index (χ2n) is 4.57. The Bertz CT molecular complexity index is 626. The number of nitrogens with two attached hydrogens (primary N) is 1. The van der Waals surface area contributed by atoms with Crippen molar-refractivity contribution in [3.05, 3.63) is 30.0 Å². The van der Waals surface area contributed by atoms with E-state index in [1.54, 1.807) is 6.92 Å². The highest BCUT2D eigenvalue weighted by atomic mass is 16.5. The number of fused-ring (bicyclic) bond motifs is 1. The minimum Gasteiger partial charge on any atom is -0.466 e. The van der Waals surface area contributed by atoms with Gasteiger partial charge in [-0.05, 0) is 38.1 Å². The quantitative estimate of drug-likeness (QED) is 0.646. The Morgan fingerprint density at radius 1 is 1.40 bits per heavy atom. The molecule has 0 saturated carbocycles. The predicted molar refractivity (Wildman–Crippen MR) is 80.6 cm³/mol. The number of nitrogens with one attached hydrogen (secondary N) is 1. The molecule has 0 aliphatic rings. The number of carbonyl (C=O) groups excluding carboxylic acids is 1. The van der Waals surface area contributed by atoms with E-state index >= 15 is 0 Å². The standard InChI is InChI=1S/C15H19N3O2/c1-3-20-15(19)6-7-17-14-8-10(2)18-13-5-4-11(16)9-12(13)14/h4-5,8-9H,3,6-7,16H2,1-2H3,(H,17,18). The third kappa shape index (κ3) is 3.38. The maximum Gasteiger partial charge on any atom is 0.307 e. The topological polar surface area (TPSA) is 77.2 Å². The number of hydrogen-bond acceptors (Lipinski definition) is 5. The van der Waals surface area contributed by atoms with Crippen molar-refractivity contribution in [2.45, 2.75) is 20.3 Å². The van der Waals surface area contributed by atoms with Crippen molar-refractivity contribution >= 4 is 28.2 Å². The molecule has 3 N–H and O–H groups in total. The number of rotatable bonds is 5. The van der Waals surface area contributed by atoms with Gasteiger partial charge in [-0.15, -0.1) is 0 Å². The molecule has 106 valence electrons. The van der Waals surface area contributed by atoms with E-state index in [4.69, 9.17) is 10.5 Å². The van der Waals surface area contributed by atoms with Crippen molar-refractivity contribution in [3.8, 4) is 0 Å². The van der Waals surface area contributed by atoms with Gasteiger partial charge in [-0.25, -0.2) is 0 Å². The van der Waals surface area contributed by atoms with Gasteiger partial charge in [-0.2, -0.15) is 0 Å². The first kappa shape index (κ1) is 14.1. The van der Waals surface area contributed by atoms with Crippen LogP contribution >= 0.6 is 0 Å². The van der Waals surface area contributed by atoms with E-state index in [9.17, 15) is 4.79 Å². The average molecular weight is 273 g/mol. The molecule has 1 aromatic heterocycles. The van der Waals surface area contributed by atoms with Gasteiger partial charge in [0.1, 0.15) is 0 Å². The number of ether oxygens (including phenoxy) is 1. The molecule has 0 fully saturated rings. The monoisotopic (exact) mass is 273 g/mol. The Morgan fingerprint density at radius 2 is 2.20 bits per heavy atom. The van der Waals surface area contributed by atoms with E-state index in [1.165, 1.54) is 0 Å². The third-order valence-electron chi connectivity index (χ3n) is 2.91. The summed E-state index contributed by atoms with van der Waals surface area (Å²) >= 11 is 0. The molecular formula is C15H19N3O2. The molecule has 2 rings (SSSR count). The SMILES string of the molecule is CCOC(=O)CCNc1cc(C)nc2ccc(N)cc12. The second kappa shape index (κ2) is 6.23. The molecule has 0 unspecified atom stereocenters. The van der Waals surface area contributed by atoms with Gasteiger partial charge in [0.15, 0.2) is 0 Å². The first-order valence-corrected chi connectivity index (χ1v) is 6.66. The molecule has 0 bridgehead atoms. The lowest BCUT2D eigenvalue weighted by Gasteiger charge is -2.11. The van der Waals surface area contributed by atoms with Crippen LogP contribution in [0, 0.1) is 6.92 Å². The van der Waals surface area contributed by atoms with Crippen LogP contribution in [-0.4, -0.2) is 24.1 Å². The van der Waals surface area contributed by atoms with Gasteiger partial charge in [0.05, 0.1) is 18.5 Å². The molecule has 1 heterocycles. The van der Waals surface area contributed by atoms with Crippen LogP contribution in [0.5, 0.6) is 0 Å². The number of anilines is 2. The van der Waals surface area contributed by atoms with Gasteiger partial charge >= 0.3 is 5.97 Å². The smallest absolute Gasteiger partial charge is 0.307 e. The van der Waals surface area contributed by atoms with Crippen molar-refractivity contribution in [2.75, 3.05) is 24.2 Å². The molecule has 5 heteroatoms. The van der Waals surface area contributed by atoms with Crippen molar-refractivity contribution in [1.82, 2.24) is 4.98 Å². The number of esters is 1. The molecule has 0 saturated heterocycles. The number of aryl methyl sites for hydroxylation is 1. The zero-order valence-corrected chi connectivity index (χ0v) is 11.8. The molecule has 20 heavy (non-hydrogen) atoms. The zero-order valence-electron chi connectivity index (χ0n) is 11.8. The van der Waals surface area contributed by atoms with Crippen LogP contribution in [0.3, 0.4) is 0 Å². The Hall–Kier alpha value is -2.30. The van der Waals surface area contributed by atoms with Crippen molar-refractivity contribution < 1.29 is 9.53 Å². The number of hydrogen-bond donors (Lipinski definition) is 2. The van der Waals surface area contributed by atoms with E-state index < -0.39 is 0 Å². The van der Waals surface area contributed by atoms with E-state index in [-0.39, 0.29) is 5.97 Å². The Balaban J connectivity index is 2.16. The van der Waals surface area contributed by atoms with Gasteiger partial charge in [0.25, 0.3) is 0 Å². The fourth-order valence-electron chi connectivity index (χ4n) is 2.05. The summed E-state index contributed by atoms with van der Waals surface area (Å²) in [5, 5.41) is 4.21. The van der Waals surface area contributed by atoms with Gasteiger partial charge in [0, 0.05) is 29.0 Å². The van der Waals surface area contributed by atoms with E-state index in [1.807, 2.05) is 31.2 Å². The lowest BCUT2D eigenvalue weighted by Crippen LogP contribution is -2.11. The molecule has 1 aromatic carbocycles. The number of pyridine rings is 1. The molecule has 0 aliphatic heterocycles. The summed E-state index contributed by atoms with van der Waals surface area (Å²) in [5.74, 6) is -0.199. The van der Waals surface area contributed by atoms with Gasteiger partial charge in [0.2, 0.25) is 0 Å². The van der Waals surface area contributed by atoms with E-state index in [0.717, 1.165) is 22.3 Å². The van der Waals surface area contributed by atoms with Crippen LogP contribution in [-0.2, 0) is 9.53 Å². The number of aromatic nitrogens is 1. The summed E-state index contributed by atoms with van der Waals surface area (Å²) in [4.78, 5) is 15.8. The largest absolute Gasteiger partial charge is 0.466 e. The number of carbonyl (C=O) groups is 1. The first-order chi connectivity index (χ1) is 9.60. The Kier molecular flexibility index (Phi) is 4.40. The van der Waals surface area contributed by atoms with Crippen molar-refractivity contribution in [3.63, 3.8) is 0 Å². The molecule has 2 aromatic rings.